The smallest absolute Gasteiger partial charge is 0.262 e. The van der Waals surface area contributed by atoms with E-state index in [1.807, 2.05) is 16.8 Å². The predicted molar refractivity (Wildman–Crippen MR) is 98.7 cm³/mol. The number of thiophene rings is 2. The molecule has 3 heterocycles. The highest BCUT2D eigenvalue weighted by atomic mass is 35.5. The zero-order chi connectivity index (χ0) is 15.2. The molecule has 0 unspecified atom stereocenters. The van der Waals surface area contributed by atoms with Crippen LogP contribution in [0.2, 0.25) is 0 Å². The highest BCUT2D eigenvalue weighted by Crippen LogP contribution is 2.17. The Hall–Kier alpha value is -1.96. The van der Waals surface area contributed by atoms with Crippen molar-refractivity contribution in [2.45, 2.75) is 14.9 Å². The fourth-order valence-electron chi connectivity index (χ4n) is 1.41. The molecule has 0 radical (unpaired) electrons. The molecule has 3 rings (SSSR count). The quantitative estimate of drug-likeness (QED) is 0.516. The second-order valence-corrected chi connectivity index (χ2v) is 5.99. The first-order valence-corrected chi connectivity index (χ1v) is 7.83. The topological polar surface area (TPSA) is 88.8 Å². The molecule has 0 bridgehead atoms. The predicted octanol–water partition coefficient (Wildman–Crippen LogP) is 4.68. The number of rotatable bonds is 3. The van der Waals surface area contributed by atoms with Crippen LogP contribution >= 0.6 is 34.3 Å². The van der Waals surface area contributed by atoms with Crippen LogP contribution in [0.15, 0.2) is 41.2 Å². The zero-order valence-corrected chi connectivity index (χ0v) is 13.0. The molecular weight excluding hydrogens is 354 g/mol. The summed E-state index contributed by atoms with van der Waals surface area (Å²) in [7, 11) is 0. The minimum absolute atomic E-state index is 0. The first-order chi connectivity index (χ1) is 10.1. The van der Waals surface area contributed by atoms with Gasteiger partial charge in [-0.25, -0.2) is 0 Å². The van der Waals surface area contributed by atoms with Crippen LogP contribution in [0.3, 0.4) is 0 Å². The molecule has 0 aromatic carbocycles. The fraction of sp³-hybridized carbons (Fsp3) is 0.133. The Morgan fingerprint density at radius 1 is 1.09 bits per heavy atom. The average molecular weight is 372 g/mol. The maximum atomic E-state index is 11.7. The number of carbonyl (C=O) groups excluding carboxylic acids is 2. The van der Waals surface area contributed by atoms with Crippen molar-refractivity contribution >= 4 is 51.1 Å². The van der Waals surface area contributed by atoms with E-state index < -0.39 is 0 Å². The Balaban J connectivity index is 0.000000425. The first-order valence-electron chi connectivity index (χ1n) is 5.70. The van der Waals surface area contributed by atoms with Crippen molar-refractivity contribution < 1.29 is 9.59 Å². The summed E-state index contributed by atoms with van der Waals surface area (Å²) in [6.45, 7) is 0. The highest BCUT2D eigenvalue weighted by molar-refractivity contribution is 7.14. The maximum Gasteiger partial charge on any atom is 0.262 e. The molecule has 0 fully saturated rings. The number of nitrogens with zero attached hydrogens (tertiary/aromatic N) is 1. The Morgan fingerprint density at radius 2 is 1.65 bits per heavy atom. The van der Waals surface area contributed by atoms with Crippen LogP contribution in [0.1, 0.15) is 39.8 Å². The van der Waals surface area contributed by atoms with Gasteiger partial charge in [0.2, 0.25) is 5.78 Å². The number of hydrogen-bond acceptors (Lipinski definition) is 6. The molecule has 3 aromatic rings. The third-order valence-corrected chi connectivity index (χ3v) is 4.43. The Labute approximate surface area is 148 Å². The fourth-order valence-corrected chi connectivity index (χ4v) is 2.84. The number of nitrogen functional groups attached to an aromatic ring is 1. The van der Waals surface area contributed by atoms with Crippen LogP contribution in [0, 0.1) is 0 Å². The second kappa shape index (κ2) is 9.94. The number of H-pyrrole nitrogens is 1. The molecule has 0 aliphatic heterocycles. The van der Waals surface area contributed by atoms with Gasteiger partial charge in [-0.2, -0.15) is 5.10 Å². The largest absolute Gasteiger partial charge is 0.383 e. The minimum Gasteiger partial charge on any atom is -0.383 e. The summed E-state index contributed by atoms with van der Waals surface area (Å²) in [5, 5.41) is 9.50. The number of halogens is 1. The van der Waals surface area contributed by atoms with Gasteiger partial charge in [0.15, 0.2) is 0 Å². The number of aromatic nitrogens is 2. The van der Waals surface area contributed by atoms with Crippen LogP contribution in [0.4, 0.5) is 5.82 Å². The summed E-state index contributed by atoms with van der Waals surface area (Å²) in [5.74, 6) is 0.236. The van der Waals surface area contributed by atoms with E-state index >= 15 is 0 Å². The van der Waals surface area contributed by atoms with Crippen LogP contribution in [0.25, 0.3) is 0 Å². The third-order valence-electron chi connectivity index (χ3n) is 2.37. The number of ketones is 1. The SMILES string of the molecule is C.C.Nc1[nH]ncc1C(=O)c1cccs1.O=C(Cl)c1cccs1. The van der Waals surface area contributed by atoms with E-state index in [4.69, 9.17) is 17.3 Å². The number of anilines is 1. The Bertz CT molecular complexity index is 722. The van der Waals surface area contributed by atoms with E-state index in [2.05, 4.69) is 10.2 Å². The summed E-state index contributed by atoms with van der Waals surface area (Å²) >= 11 is 7.86. The number of carbonyl (C=O) groups is 2. The van der Waals surface area contributed by atoms with Gasteiger partial charge >= 0.3 is 0 Å². The van der Waals surface area contributed by atoms with Gasteiger partial charge < -0.3 is 5.73 Å². The molecule has 0 atom stereocenters. The van der Waals surface area contributed by atoms with E-state index in [9.17, 15) is 9.59 Å². The van der Waals surface area contributed by atoms with Gasteiger partial charge in [-0.05, 0) is 34.5 Å². The minimum atomic E-state index is -0.375. The van der Waals surface area contributed by atoms with Crippen molar-refractivity contribution in [1.29, 1.82) is 0 Å². The van der Waals surface area contributed by atoms with Crippen molar-refractivity contribution in [3.63, 3.8) is 0 Å². The lowest BCUT2D eigenvalue weighted by Gasteiger charge is -1.93. The lowest BCUT2D eigenvalue weighted by molar-refractivity contribution is 0.104. The monoisotopic (exact) mass is 371 g/mol. The summed E-state index contributed by atoms with van der Waals surface area (Å²) in [6.07, 6.45) is 1.44. The molecule has 3 aromatic heterocycles. The van der Waals surface area contributed by atoms with E-state index in [-0.39, 0.29) is 25.9 Å². The van der Waals surface area contributed by atoms with E-state index in [0.29, 0.717) is 21.1 Å². The molecule has 124 valence electrons. The van der Waals surface area contributed by atoms with E-state index in [0.717, 1.165) is 0 Å². The molecule has 0 aliphatic rings. The van der Waals surface area contributed by atoms with Gasteiger partial charge in [0.25, 0.3) is 5.24 Å². The first kappa shape index (κ1) is 21.0. The van der Waals surface area contributed by atoms with Gasteiger partial charge in [-0.1, -0.05) is 27.0 Å². The lowest BCUT2D eigenvalue weighted by Crippen LogP contribution is -2.00. The molecule has 8 heteroatoms. The number of nitrogens with two attached hydrogens (primary N) is 1. The van der Waals surface area contributed by atoms with Crippen molar-refractivity contribution in [2.75, 3.05) is 5.73 Å². The Morgan fingerprint density at radius 3 is 2.00 bits per heavy atom. The van der Waals surface area contributed by atoms with Gasteiger partial charge in [-0.3, -0.25) is 14.7 Å². The molecule has 5 nitrogen and oxygen atoms in total. The molecule has 0 spiro atoms. The van der Waals surface area contributed by atoms with Gasteiger partial charge in [0, 0.05) is 0 Å². The number of aromatic amines is 1. The molecule has 0 aliphatic carbocycles. The normalized spacial score (nSPS) is 8.91. The third kappa shape index (κ3) is 5.63. The van der Waals surface area contributed by atoms with Crippen molar-refractivity contribution in [2.24, 2.45) is 0 Å². The molecule has 0 saturated heterocycles. The standard InChI is InChI=1S/C8H7N3OS.C5H3ClOS.2CH4/c9-8-5(4-10-11-8)7(12)6-2-1-3-13-6;6-5(7)4-2-1-3-8-4;;/h1-4H,(H3,9,10,11);1-3H;2*1H4. The summed E-state index contributed by atoms with van der Waals surface area (Å²) in [4.78, 5) is 23.2. The van der Waals surface area contributed by atoms with Gasteiger partial charge in [0.1, 0.15) is 5.82 Å². The highest BCUT2D eigenvalue weighted by Gasteiger charge is 2.14. The van der Waals surface area contributed by atoms with Crippen molar-refractivity contribution in [3.05, 3.63) is 56.5 Å². The van der Waals surface area contributed by atoms with E-state index in [1.165, 1.54) is 28.9 Å². The maximum absolute atomic E-state index is 11.7. The molecular formula is C15H18ClN3O2S2. The average Bonchev–Trinajstić information content (AvgIpc) is 3.21. The second-order valence-electron chi connectivity index (χ2n) is 3.75. The van der Waals surface area contributed by atoms with Gasteiger partial charge in [0.05, 0.1) is 21.5 Å². The summed E-state index contributed by atoms with van der Waals surface area (Å²) in [6, 6.07) is 7.08. The van der Waals surface area contributed by atoms with Gasteiger partial charge in [-0.15, -0.1) is 22.7 Å². The van der Waals surface area contributed by atoms with Crippen LogP contribution < -0.4 is 5.73 Å². The molecule has 0 amide bonds. The van der Waals surface area contributed by atoms with Crippen molar-refractivity contribution in [3.8, 4) is 0 Å². The van der Waals surface area contributed by atoms with E-state index in [1.54, 1.807) is 18.2 Å². The van der Waals surface area contributed by atoms with Crippen LogP contribution in [-0.2, 0) is 0 Å². The zero-order valence-electron chi connectivity index (χ0n) is 10.6. The summed E-state index contributed by atoms with van der Waals surface area (Å²) in [5.41, 5.74) is 5.95. The lowest BCUT2D eigenvalue weighted by atomic mass is 10.2. The van der Waals surface area contributed by atoms with Crippen molar-refractivity contribution in [1.82, 2.24) is 10.2 Å². The number of nitrogens with one attached hydrogen (secondary N) is 1. The van der Waals surface area contributed by atoms with Crippen LogP contribution in [-0.4, -0.2) is 21.2 Å². The summed E-state index contributed by atoms with van der Waals surface area (Å²) < 4.78 is 0. The molecule has 0 saturated carbocycles. The molecule has 3 N–H and O–H groups in total. The number of hydrogen-bond donors (Lipinski definition) is 2. The molecule has 23 heavy (non-hydrogen) atoms. The Kier molecular flexibility index (Phi) is 9.09. The van der Waals surface area contributed by atoms with Crippen LogP contribution in [0.5, 0.6) is 0 Å².